The Balaban J connectivity index is 2.76. The standard InChI is InChI=1S/C9H9ClN4O/c1-4(2)6-8(15)13-7-5(12-6)3-11-9(10)14-7/h3-4H,1-2H3,(H,11,13,14,15). The summed E-state index contributed by atoms with van der Waals surface area (Å²) in [6.45, 7) is 3.81. The Kier molecular flexibility index (Phi) is 2.40. The Morgan fingerprint density at radius 1 is 1.40 bits per heavy atom. The number of aromatic amines is 1. The number of hydrogen-bond donors (Lipinski definition) is 1. The molecule has 2 aromatic heterocycles. The molecule has 0 bridgehead atoms. The molecule has 0 aromatic carbocycles. The number of halogens is 1. The van der Waals surface area contributed by atoms with Gasteiger partial charge in [-0.25, -0.2) is 9.97 Å². The molecule has 0 aliphatic heterocycles. The number of H-pyrrole nitrogens is 1. The van der Waals surface area contributed by atoms with Crippen molar-refractivity contribution in [2.75, 3.05) is 0 Å². The van der Waals surface area contributed by atoms with Crippen molar-refractivity contribution in [1.29, 1.82) is 0 Å². The van der Waals surface area contributed by atoms with E-state index in [9.17, 15) is 4.79 Å². The molecular formula is C9H9ClN4O. The zero-order valence-corrected chi connectivity index (χ0v) is 9.04. The molecule has 5 nitrogen and oxygen atoms in total. The van der Waals surface area contributed by atoms with Crippen LogP contribution in [0.1, 0.15) is 25.5 Å². The first-order chi connectivity index (χ1) is 7.08. The Morgan fingerprint density at radius 2 is 2.13 bits per heavy atom. The van der Waals surface area contributed by atoms with Crippen LogP contribution in [0.4, 0.5) is 0 Å². The van der Waals surface area contributed by atoms with Crippen LogP contribution >= 0.6 is 11.6 Å². The fraction of sp³-hybridized carbons (Fsp3) is 0.333. The quantitative estimate of drug-likeness (QED) is 0.745. The first-order valence-corrected chi connectivity index (χ1v) is 4.88. The van der Waals surface area contributed by atoms with E-state index in [4.69, 9.17) is 11.6 Å². The third kappa shape index (κ3) is 1.83. The number of nitrogens with zero attached hydrogens (tertiary/aromatic N) is 3. The molecule has 2 heterocycles. The molecule has 6 heteroatoms. The van der Waals surface area contributed by atoms with Crippen LogP contribution in [-0.4, -0.2) is 19.9 Å². The fourth-order valence-corrected chi connectivity index (χ4v) is 1.40. The summed E-state index contributed by atoms with van der Waals surface area (Å²) in [7, 11) is 0. The van der Waals surface area contributed by atoms with Gasteiger partial charge in [0.2, 0.25) is 5.28 Å². The van der Waals surface area contributed by atoms with Gasteiger partial charge in [-0.3, -0.25) is 4.79 Å². The summed E-state index contributed by atoms with van der Waals surface area (Å²) in [5.74, 6) is 0.0637. The lowest BCUT2D eigenvalue weighted by Gasteiger charge is -2.03. The molecule has 1 N–H and O–H groups in total. The molecule has 0 saturated carbocycles. The van der Waals surface area contributed by atoms with Crippen LogP contribution in [0.3, 0.4) is 0 Å². The number of nitrogens with one attached hydrogen (secondary N) is 1. The topological polar surface area (TPSA) is 71.5 Å². The van der Waals surface area contributed by atoms with E-state index in [1.54, 1.807) is 0 Å². The van der Waals surface area contributed by atoms with E-state index in [-0.39, 0.29) is 16.8 Å². The van der Waals surface area contributed by atoms with Crippen molar-refractivity contribution in [3.05, 3.63) is 27.5 Å². The maximum absolute atomic E-state index is 11.6. The normalized spacial score (nSPS) is 11.2. The Morgan fingerprint density at radius 3 is 2.80 bits per heavy atom. The van der Waals surface area contributed by atoms with Gasteiger partial charge in [0.15, 0.2) is 5.65 Å². The second-order valence-electron chi connectivity index (χ2n) is 3.48. The molecule has 15 heavy (non-hydrogen) atoms. The average molecular weight is 225 g/mol. The Bertz CT molecular complexity index is 564. The van der Waals surface area contributed by atoms with Gasteiger partial charge in [-0.1, -0.05) is 13.8 Å². The summed E-state index contributed by atoms with van der Waals surface area (Å²) < 4.78 is 0. The molecule has 0 unspecified atom stereocenters. The van der Waals surface area contributed by atoms with Crippen molar-refractivity contribution in [3.63, 3.8) is 0 Å². The van der Waals surface area contributed by atoms with Crippen molar-refractivity contribution in [2.24, 2.45) is 0 Å². The zero-order valence-electron chi connectivity index (χ0n) is 8.28. The largest absolute Gasteiger partial charge is 0.304 e. The molecule has 0 atom stereocenters. The molecule has 0 amide bonds. The smallest absolute Gasteiger partial charge is 0.271 e. The third-order valence-corrected chi connectivity index (χ3v) is 2.17. The number of aromatic nitrogens is 4. The van der Waals surface area contributed by atoms with Crippen molar-refractivity contribution in [3.8, 4) is 0 Å². The maximum Gasteiger partial charge on any atom is 0.271 e. The van der Waals surface area contributed by atoms with Crippen molar-refractivity contribution in [2.45, 2.75) is 19.8 Å². The number of hydrogen-bond acceptors (Lipinski definition) is 4. The predicted molar refractivity (Wildman–Crippen MR) is 57.1 cm³/mol. The van der Waals surface area contributed by atoms with Gasteiger partial charge in [-0.15, -0.1) is 0 Å². The highest BCUT2D eigenvalue weighted by Crippen LogP contribution is 2.11. The zero-order chi connectivity index (χ0) is 11.0. The van der Waals surface area contributed by atoms with Gasteiger partial charge in [0.25, 0.3) is 5.56 Å². The highest BCUT2D eigenvalue weighted by Gasteiger charge is 2.09. The van der Waals surface area contributed by atoms with Gasteiger partial charge >= 0.3 is 0 Å². The summed E-state index contributed by atoms with van der Waals surface area (Å²) in [5, 5.41) is 0.0947. The van der Waals surface area contributed by atoms with Gasteiger partial charge in [0.05, 0.1) is 6.20 Å². The van der Waals surface area contributed by atoms with Gasteiger partial charge < -0.3 is 4.98 Å². The molecule has 0 fully saturated rings. The minimum absolute atomic E-state index is 0.0637. The monoisotopic (exact) mass is 224 g/mol. The molecule has 0 radical (unpaired) electrons. The lowest BCUT2D eigenvalue weighted by Crippen LogP contribution is -2.17. The Labute approximate surface area is 90.6 Å². The van der Waals surface area contributed by atoms with Crippen LogP contribution in [0.25, 0.3) is 11.2 Å². The summed E-state index contributed by atoms with van der Waals surface area (Å²) >= 11 is 5.60. The van der Waals surface area contributed by atoms with Crippen LogP contribution in [0.2, 0.25) is 5.28 Å². The molecule has 0 saturated heterocycles. The Hall–Kier alpha value is -1.49. The van der Waals surface area contributed by atoms with E-state index in [1.165, 1.54) is 6.20 Å². The van der Waals surface area contributed by atoms with Crippen molar-refractivity contribution >= 4 is 22.8 Å². The second kappa shape index (κ2) is 3.58. The summed E-state index contributed by atoms with van der Waals surface area (Å²) in [5.41, 5.74) is 1.16. The predicted octanol–water partition coefficient (Wildman–Crippen LogP) is 1.49. The maximum atomic E-state index is 11.6. The van der Waals surface area contributed by atoms with Crippen LogP contribution in [0, 0.1) is 0 Å². The van der Waals surface area contributed by atoms with E-state index < -0.39 is 0 Å². The van der Waals surface area contributed by atoms with Gasteiger partial charge in [0, 0.05) is 5.92 Å². The van der Waals surface area contributed by atoms with Crippen LogP contribution in [0.15, 0.2) is 11.0 Å². The van der Waals surface area contributed by atoms with Gasteiger partial charge in [-0.2, -0.15) is 4.98 Å². The van der Waals surface area contributed by atoms with Crippen LogP contribution < -0.4 is 5.56 Å². The molecule has 2 rings (SSSR count). The first-order valence-electron chi connectivity index (χ1n) is 4.50. The second-order valence-corrected chi connectivity index (χ2v) is 3.82. The van der Waals surface area contributed by atoms with E-state index in [2.05, 4.69) is 19.9 Å². The van der Waals surface area contributed by atoms with Crippen molar-refractivity contribution in [1.82, 2.24) is 19.9 Å². The summed E-state index contributed by atoms with van der Waals surface area (Å²) in [4.78, 5) is 26.1. The third-order valence-electron chi connectivity index (χ3n) is 1.99. The molecule has 2 aromatic rings. The lowest BCUT2D eigenvalue weighted by molar-refractivity contribution is 0.805. The number of fused-ring (bicyclic) bond motifs is 1. The lowest BCUT2D eigenvalue weighted by atomic mass is 10.1. The minimum atomic E-state index is -0.229. The highest BCUT2D eigenvalue weighted by atomic mass is 35.5. The molecule has 0 aliphatic carbocycles. The highest BCUT2D eigenvalue weighted by molar-refractivity contribution is 6.28. The molecule has 0 spiro atoms. The van der Waals surface area contributed by atoms with E-state index in [1.807, 2.05) is 13.8 Å². The number of rotatable bonds is 1. The molecule has 78 valence electrons. The van der Waals surface area contributed by atoms with E-state index in [0.29, 0.717) is 16.9 Å². The summed E-state index contributed by atoms with van der Waals surface area (Å²) in [6, 6.07) is 0. The summed E-state index contributed by atoms with van der Waals surface area (Å²) in [6.07, 6.45) is 1.49. The van der Waals surface area contributed by atoms with Gasteiger partial charge in [-0.05, 0) is 11.6 Å². The van der Waals surface area contributed by atoms with E-state index in [0.717, 1.165) is 0 Å². The first kappa shape index (κ1) is 10.0. The minimum Gasteiger partial charge on any atom is -0.304 e. The average Bonchev–Trinajstić information content (AvgIpc) is 2.15. The van der Waals surface area contributed by atoms with Gasteiger partial charge in [0.1, 0.15) is 11.2 Å². The van der Waals surface area contributed by atoms with Crippen LogP contribution in [-0.2, 0) is 0 Å². The molecular weight excluding hydrogens is 216 g/mol. The van der Waals surface area contributed by atoms with Crippen molar-refractivity contribution < 1.29 is 0 Å². The van der Waals surface area contributed by atoms with Crippen LogP contribution in [0.5, 0.6) is 0 Å². The van der Waals surface area contributed by atoms with E-state index >= 15 is 0 Å². The SMILES string of the molecule is CC(C)c1nc2cnc(Cl)nc2[nH]c1=O. The fourth-order valence-electron chi connectivity index (χ4n) is 1.27. The molecule has 0 aliphatic rings.